The summed E-state index contributed by atoms with van der Waals surface area (Å²) in [7, 11) is 0.843. The van der Waals surface area contributed by atoms with Gasteiger partial charge in [0.15, 0.2) is 0 Å². The van der Waals surface area contributed by atoms with Crippen molar-refractivity contribution in [3.8, 4) is 0 Å². The van der Waals surface area contributed by atoms with Crippen molar-refractivity contribution in [3.63, 3.8) is 0 Å². The first-order valence-electron chi connectivity index (χ1n) is 6.12. The molecular formula is C16H14SSi. The molecule has 18 heavy (non-hydrogen) atoms. The third-order valence-corrected chi connectivity index (χ3v) is 5.53. The molecule has 0 saturated carbocycles. The van der Waals surface area contributed by atoms with E-state index >= 15 is 0 Å². The molecule has 0 aliphatic carbocycles. The Morgan fingerprint density at radius 3 is 2.50 bits per heavy atom. The Hall–Kier alpha value is -1.38. The highest BCUT2D eigenvalue weighted by Crippen LogP contribution is 2.30. The number of rotatable bonds is 3. The highest BCUT2D eigenvalue weighted by molar-refractivity contribution is 7.17. The number of hydrogen-bond donors (Lipinski definition) is 0. The molecule has 88 valence electrons. The molecule has 0 nitrogen and oxygen atoms in total. The second kappa shape index (κ2) is 5.08. The van der Waals surface area contributed by atoms with Crippen LogP contribution < -0.4 is 5.19 Å². The summed E-state index contributed by atoms with van der Waals surface area (Å²) in [5, 5.41) is 5.20. The summed E-state index contributed by atoms with van der Waals surface area (Å²) in [5.41, 5.74) is 2.10. The first kappa shape index (κ1) is 11.7. The normalized spacial score (nSPS) is 12.7. The predicted octanol–water partition coefficient (Wildman–Crippen LogP) is 3.99. The van der Waals surface area contributed by atoms with Crippen molar-refractivity contribution >= 4 is 36.1 Å². The van der Waals surface area contributed by atoms with Crippen LogP contribution in [0.15, 0.2) is 60.0 Å². The van der Waals surface area contributed by atoms with E-state index in [0.29, 0.717) is 5.54 Å². The monoisotopic (exact) mass is 266 g/mol. The van der Waals surface area contributed by atoms with Gasteiger partial charge in [0.25, 0.3) is 0 Å². The minimum atomic E-state index is 0.601. The van der Waals surface area contributed by atoms with Gasteiger partial charge >= 0.3 is 0 Å². The molecule has 0 amide bonds. The minimum absolute atomic E-state index is 0.601. The second-order valence-electron chi connectivity index (χ2n) is 4.42. The van der Waals surface area contributed by atoms with Gasteiger partial charge in [-0.25, -0.2) is 0 Å². The van der Waals surface area contributed by atoms with E-state index < -0.39 is 0 Å². The molecule has 1 aromatic heterocycles. The summed E-state index contributed by atoms with van der Waals surface area (Å²) in [6, 6.07) is 19.5. The maximum absolute atomic E-state index is 2.33. The Labute approximate surface area is 114 Å². The molecule has 2 radical (unpaired) electrons. The molecule has 1 atom stereocenters. The average molecular weight is 266 g/mol. The SMILES string of the molecule is C[C@H]([Si]c1ccccc1)c1csc2ccccc12. The van der Waals surface area contributed by atoms with Gasteiger partial charge in [-0.15, -0.1) is 11.3 Å². The third-order valence-electron chi connectivity index (χ3n) is 3.13. The zero-order valence-corrected chi connectivity index (χ0v) is 12.1. The van der Waals surface area contributed by atoms with Crippen molar-refractivity contribution < 1.29 is 0 Å². The maximum atomic E-state index is 2.33. The van der Waals surface area contributed by atoms with Crippen LogP contribution in [-0.4, -0.2) is 9.52 Å². The standard InChI is InChI=1S/C16H14SSi/c1-12(18-13-7-3-2-4-8-13)15-11-17-16-10-6-5-9-14(15)16/h2-12H,1H3/t12-/m0/s1. The van der Waals surface area contributed by atoms with E-state index in [2.05, 4.69) is 66.9 Å². The first-order chi connectivity index (χ1) is 8.84. The quantitative estimate of drug-likeness (QED) is 0.629. The molecule has 0 aliphatic rings. The molecule has 2 heteroatoms. The van der Waals surface area contributed by atoms with Gasteiger partial charge in [0.2, 0.25) is 0 Å². The molecular weight excluding hydrogens is 252 g/mol. The highest BCUT2D eigenvalue weighted by Gasteiger charge is 2.12. The zero-order valence-electron chi connectivity index (χ0n) is 10.3. The van der Waals surface area contributed by atoms with E-state index in [4.69, 9.17) is 0 Å². The van der Waals surface area contributed by atoms with Gasteiger partial charge in [-0.2, -0.15) is 0 Å². The van der Waals surface area contributed by atoms with Crippen molar-refractivity contribution in [2.75, 3.05) is 0 Å². The van der Waals surface area contributed by atoms with Crippen LogP contribution in [0.1, 0.15) is 18.0 Å². The Morgan fingerprint density at radius 2 is 1.67 bits per heavy atom. The van der Waals surface area contributed by atoms with Gasteiger partial charge in [-0.05, 0) is 27.9 Å². The molecule has 3 rings (SSSR count). The lowest BCUT2D eigenvalue weighted by Crippen LogP contribution is -2.19. The zero-order chi connectivity index (χ0) is 12.4. The smallest absolute Gasteiger partial charge is 0.0888 e. The van der Waals surface area contributed by atoms with Crippen molar-refractivity contribution in [2.24, 2.45) is 0 Å². The first-order valence-corrected chi connectivity index (χ1v) is 8.08. The third kappa shape index (κ3) is 2.26. The summed E-state index contributed by atoms with van der Waals surface area (Å²) in [6.45, 7) is 2.33. The van der Waals surface area contributed by atoms with E-state index in [9.17, 15) is 0 Å². The number of hydrogen-bond acceptors (Lipinski definition) is 1. The Kier molecular flexibility index (Phi) is 3.30. The number of fused-ring (bicyclic) bond motifs is 1. The maximum Gasteiger partial charge on any atom is 0.0888 e. The summed E-state index contributed by atoms with van der Waals surface area (Å²) >= 11 is 1.86. The summed E-state index contributed by atoms with van der Waals surface area (Å²) in [5.74, 6) is 0. The van der Waals surface area contributed by atoms with Crippen LogP contribution in [0.5, 0.6) is 0 Å². The average Bonchev–Trinajstić information content (AvgIpc) is 2.84. The predicted molar refractivity (Wildman–Crippen MR) is 82.1 cm³/mol. The molecule has 0 aliphatic heterocycles. The molecule has 2 aromatic carbocycles. The van der Waals surface area contributed by atoms with E-state index in [0.717, 1.165) is 9.52 Å². The van der Waals surface area contributed by atoms with E-state index in [1.165, 1.54) is 20.8 Å². The largest absolute Gasteiger partial charge is 0.144 e. The fourth-order valence-electron chi connectivity index (χ4n) is 2.20. The van der Waals surface area contributed by atoms with Crippen LogP contribution >= 0.6 is 11.3 Å². The number of benzene rings is 2. The Morgan fingerprint density at radius 1 is 0.944 bits per heavy atom. The molecule has 0 spiro atoms. The lowest BCUT2D eigenvalue weighted by Gasteiger charge is -2.09. The van der Waals surface area contributed by atoms with E-state index in [1.807, 2.05) is 11.3 Å². The molecule has 0 fully saturated rings. The van der Waals surface area contributed by atoms with E-state index in [1.54, 1.807) is 0 Å². The van der Waals surface area contributed by atoms with Gasteiger partial charge in [-0.3, -0.25) is 0 Å². The van der Waals surface area contributed by atoms with Crippen LogP contribution in [0.25, 0.3) is 10.1 Å². The molecule has 0 bridgehead atoms. The van der Waals surface area contributed by atoms with Gasteiger partial charge in [0.1, 0.15) is 0 Å². The van der Waals surface area contributed by atoms with Crippen LogP contribution in [0.3, 0.4) is 0 Å². The molecule has 3 aromatic rings. The Balaban J connectivity index is 1.90. The van der Waals surface area contributed by atoms with Crippen LogP contribution in [0, 0.1) is 0 Å². The summed E-state index contributed by atoms with van der Waals surface area (Å²) in [4.78, 5) is 0. The molecule has 0 unspecified atom stereocenters. The van der Waals surface area contributed by atoms with Crippen LogP contribution in [-0.2, 0) is 0 Å². The molecule has 0 N–H and O–H groups in total. The van der Waals surface area contributed by atoms with Gasteiger partial charge in [0.05, 0.1) is 9.52 Å². The van der Waals surface area contributed by atoms with E-state index in [-0.39, 0.29) is 0 Å². The summed E-state index contributed by atoms with van der Waals surface area (Å²) in [6.07, 6.45) is 0. The highest BCUT2D eigenvalue weighted by atomic mass is 32.1. The van der Waals surface area contributed by atoms with Gasteiger partial charge in [-0.1, -0.05) is 60.6 Å². The summed E-state index contributed by atoms with van der Waals surface area (Å²) < 4.78 is 1.40. The van der Waals surface area contributed by atoms with Gasteiger partial charge < -0.3 is 0 Å². The molecule has 1 heterocycles. The van der Waals surface area contributed by atoms with Crippen LogP contribution in [0.2, 0.25) is 0 Å². The fourth-order valence-corrected chi connectivity index (χ4v) is 4.65. The van der Waals surface area contributed by atoms with Crippen molar-refractivity contribution in [2.45, 2.75) is 12.5 Å². The lowest BCUT2D eigenvalue weighted by molar-refractivity contribution is 1.10. The second-order valence-corrected chi connectivity index (χ2v) is 7.06. The lowest BCUT2D eigenvalue weighted by atomic mass is 10.1. The minimum Gasteiger partial charge on any atom is -0.144 e. The molecule has 0 saturated heterocycles. The van der Waals surface area contributed by atoms with Gasteiger partial charge in [0, 0.05) is 4.70 Å². The van der Waals surface area contributed by atoms with Crippen LogP contribution in [0.4, 0.5) is 0 Å². The van der Waals surface area contributed by atoms with Crippen molar-refractivity contribution in [1.82, 2.24) is 0 Å². The van der Waals surface area contributed by atoms with Crippen molar-refractivity contribution in [3.05, 3.63) is 65.5 Å². The Bertz CT molecular complexity index is 642. The van der Waals surface area contributed by atoms with Crippen molar-refractivity contribution in [1.29, 1.82) is 0 Å². The topological polar surface area (TPSA) is 0 Å². The number of thiophene rings is 1. The fraction of sp³-hybridized carbons (Fsp3) is 0.125.